The molecule has 2 aromatic carbocycles. The Morgan fingerprint density at radius 2 is 1.79 bits per heavy atom. The lowest BCUT2D eigenvalue weighted by molar-refractivity contribution is -0.147. The SMILES string of the molecule is NC(=O)c1ccccc1NC(=O)COC(=O)CCc1nc2ccccc2c(=O)[nH]1. The summed E-state index contributed by atoms with van der Waals surface area (Å²) in [4.78, 5) is 54.1. The van der Waals surface area contributed by atoms with Gasteiger partial charge in [-0.3, -0.25) is 19.2 Å². The van der Waals surface area contributed by atoms with Crippen LogP contribution >= 0.6 is 0 Å². The molecule has 9 heteroatoms. The lowest BCUT2D eigenvalue weighted by atomic mass is 10.1. The molecule has 148 valence electrons. The number of anilines is 1. The number of nitrogens with two attached hydrogens (primary N) is 1. The topological polar surface area (TPSA) is 144 Å². The van der Waals surface area contributed by atoms with E-state index in [9.17, 15) is 19.2 Å². The predicted octanol–water partition coefficient (Wildman–Crippen LogP) is 1.14. The molecule has 1 heterocycles. The summed E-state index contributed by atoms with van der Waals surface area (Å²) in [6.45, 7) is -0.520. The molecule has 0 spiro atoms. The van der Waals surface area contributed by atoms with E-state index in [2.05, 4.69) is 15.3 Å². The number of benzene rings is 2. The summed E-state index contributed by atoms with van der Waals surface area (Å²) in [5.74, 6) is -1.57. The molecule has 0 bridgehead atoms. The van der Waals surface area contributed by atoms with E-state index < -0.39 is 24.4 Å². The van der Waals surface area contributed by atoms with Crippen molar-refractivity contribution in [3.63, 3.8) is 0 Å². The van der Waals surface area contributed by atoms with Gasteiger partial charge in [-0.25, -0.2) is 4.98 Å². The van der Waals surface area contributed by atoms with Gasteiger partial charge in [0, 0.05) is 6.42 Å². The Morgan fingerprint density at radius 3 is 2.59 bits per heavy atom. The lowest BCUT2D eigenvalue weighted by Crippen LogP contribution is -2.23. The average molecular weight is 394 g/mol. The van der Waals surface area contributed by atoms with Crippen molar-refractivity contribution >= 4 is 34.4 Å². The number of aromatic amines is 1. The number of aryl methyl sites for hydroxylation is 1. The first-order valence-corrected chi connectivity index (χ1v) is 8.76. The zero-order valence-corrected chi connectivity index (χ0v) is 15.3. The minimum Gasteiger partial charge on any atom is -0.456 e. The lowest BCUT2D eigenvalue weighted by Gasteiger charge is -2.09. The van der Waals surface area contributed by atoms with Gasteiger partial charge in [-0.05, 0) is 24.3 Å². The third kappa shape index (κ3) is 5.04. The molecule has 29 heavy (non-hydrogen) atoms. The molecule has 4 N–H and O–H groups in total. The third-order valence-corrected chi connectivity index (χ3v) is 4.06. The highest BCUT2D eigenvalue weighted by Gasteiger charge is 2.13. The number of hydrogen-bond acceptors (Lipinski definition) is 6. The summed E-state index contributed by atoms with van der Waals surface area (Å²) >= 11 is 0. The first kappa shape index (κ1) is 19.7. The molecule has 0 saturated carbocycles. The van der Waals surface area contributed by atoms with Crippen LogP contribution in [0.15, 0.2) is 53.3 Å². The standard InChI is InChI=1S/C20H18N4O5/c21-19(27)12-5-1-3-7-14(12)23-17(25)11-29-18(26)10-9-16-22-15-8-4-2-6-13(15)20(28)24-16/h1-8H,9-11H2,(H2,21,27)(H,23,25)(H,22,24,28). The molecule has 0 aliphatic heterocycles. The van der Waals surface area contributed by atoms with Gasteiger partial charge < -0.3 is 20.8 Å². The van der Waals surface area contributed by atoms with Crippen molar-refractivity contribution in [3.8, 4) is 0 Å². The van der Waals surface area contributed by atoms with E-state index in [0.717, 1.165) is 0 Å². The largest absolute Gasteiger partial charge is 0.456 e. The molecule has 0 unspecified atom stereocenters. The second-order valence-corrected chi connectivity index (χ2v) is 6.15. The Labute approximate surface area is 164 Å². The van der Waals surface area contributed by atoms with Crippen LogP contribution in [0, 0.1) is 0 Å². The molecular formula is C20H18N4O5. The van der Waals surface area contributed by atoms with E-state index in [1.54, 1.807) is 36.4 Å². The molecule has 0 atom stereocenters. The molecule has 0 aliphatic carbocycles. The van der Waals surface area contributed by atoms with Crippen LogP contribution in [-0.4, -0.2) is 34.4 Å². The Kier molecular flexibility index (Phi) is 5.98. The average Bonchev–Trinajstić information content (AvgIpc) is 2.71. The number of H-pyrrole nitrogens is 1. The predicted molar refractivity (Wildman–Crippen MR) is 105 cm³/mol. The van der Waals surface area contributed by atoms with Crippen molar-refractivity contribution < 1.29 is 19.1 Å². The van der Waals surface area contributed by atoms with Crippen LogP contribution in [0.3, 0.4) is 0 Å². The maximum atomic E-state index is 12.0. The maximum Gasteiger partial charge on any atom is 0.306 e. The minimum absolute atomic E-state index is 0.0631. The number of fused-ring (bicyclic) bond motifs is 1. The van der Waals surface area contributed by atoms with E-state index in [1.165, 1.54) is 12.1 Å². The Morgan fingerprint density at radius 1 is 1.07 bits per heavy atom. The fourth-order valence-electron chi connectivity index (χ4n) is 2.69. The highest BCUT2D eigenvalue weighted by atomic mass is 16.5. The number of esters is 1. The Balaban J connectivity index is 1.52. The zero-order chi connectivity index (χ0) is 20.8. The van der Waals surface area contributed by atoms with Gasteiger partial charge in [-0.15, -0.1) is 0 Å². The number of nitrogens with zero attached hydrogens (tertiary/aromatic N) is 1. The Bertz CT molecular complexity index is 1140. The van der Waals surface area contributed by atoms with E-state index in [0.29, 0.717) is 16.7 Å². The van der Waals surface area contributed by atoms with Gasteiger partial charge in [0.25, 0.3) is 17.4 Å². The van der Waals surface area contributed by atoms with E-state index >= 15 is 0 Å². The van der Waals surface area contributed by atoms with Crippen LogP contribution in [0.1, 0.15) is 22.6 Å². The number of hydrogen-bond donors (Lipinski definition) is 3. The Hall–Kier alpha value is -4.01. The molecule has 0 fully saturated rings. The van der Waals surface area contributed by atoms with Crippen molar-refractivity contribution in [2.45, 2.75) is 12.8 Å². The van der Waals surface area contributed by atoms with Gasteiger partial charge in [-0.1, -0.05) is 24.3 Å². The number of amides is 2. The smallest absolute Gasteiger partial charge is 0.306 e. The van der Waals surface area contributed by atoms with Crippen molar-refractivity contribution in [2.75, 3.05) is 11.9 Å². The maximum absolute atomic E-state index is 12.0. The van der Waals surface area contributed by atoms with E-state index in [1.807, 2.05) is 0 Å². The monoisotopic (exact) mass is 394 g/mol. The normalized spacial score (nSPS) is 10.5. The number of rotatable bonds is 7. The number of para-hydroxylation sites is 2. The van der Waals surface area contributed by atoms with Gasteiger partial charge >= 0.3 is 5.97 Å². The number of primary amides is 1. The van der Waals surface area contributed by atoms with Crippen LogP contribution < -0.4 is 16.6 Å². The van der Waals surface area contributed by atoms with E-state index in [-0.39, 0.29) is 29.7 Å². The molecule has 3 rings (SSSR count). The highest BCUT2D eigenvalue weighted by Crippen LogP contribution is 2.14. The second kappa shape index (κ2) is 8.79. The quantitative estimate of drug-likeness (QED) is 0.513. The molecule has 0 saturated heterocycles. The molecule has 2 amide bonds. The molecule has 9 nitrogen and oxygen atoms in total. The summed E-state index contributed by atoms with van der Waals surface area (Å²) in [5.41, 5.74) is 5.88. The summed E-state index contributed by atoms with van der Waals surface area (Å²) < 4.78 is 4.93. The number of carbonyl (C=O) groups excluding carboxylic acids is 3. The minimum atomic E-state index is -0.685. The van der Waals surface area contributed by atoms with Crippen molar-refractivity contribution in [2.24, 2.45) is 5.73 Å². The third-order valence-electron chi connectivity index (χ3n) is 4.06. The molecule has 0 aliphatic rings. The van der Waals surface area contributed by atoms with Crippen molar-refractivity contribution in [1.82, 2.24) is 9.97 Å². The van der Waals surface area contributed by atoms with E-state index in [4.69, 9.17) is 10.5 Å². The van der Waals surface area contributed by atoms with Crippen LogP contribution in [0.2, 0.25) is 0 Å². The number of carbonyl (C=O) groups is 3. The first-order valence-electron chi connectivity index (χ1n) is 8.76. The van der Waals surface area contributed by atoms with Gasteiger partial charge in [0.05, 0.1) is 28.6 Å². The molecular weight excluding hydrogens is 376 g/mol. The molecule has 0 radical (unpaired) electrons. The van der Waals surface area contributed by atoms with Crippen LogP contribution in [0.25, 0.3) is 10.9 Å². The fourth-order valence-corrected chi connectivity index (χ4v) is 2.69. The van der Waals surface area contributed by atoms with Gasteiger partial charge in [0.15, 0.2) is 6.61 Å². The summed E-state index contributed by atoms with van der Waals surface area (Å²) in [5, 5.41) is 2.94. The van der Waals surface area contributed by atoms with Gasteiger partial charge in [-0.2, -0.15) is 0 Å². The zero-order valence-electron chi connectivity index (χ0n) is 15.3. The number of ether oxygens (including phenoxy) is 1. The fraction of sp³-hybridized carbons (Fsp3) is 0.150. The molecule has 3 aromatic rings. The summed E-state index contributed by atoms with van der Waals surface area (Å²) in [7, 11) is 0. The van der Waals surface area contributed by atoms with Crippen LogP contribution in [0.4, 0.5) is 5.69 Å². The second-order valence-electron chi connectivity index (χ2n) is 6.15. The molecule has 1 aromatic heterocycles. The summed E-state index contributed by atoms with van der Waals surface area (Å²) in [6, 6.07) is 13.1. The van der Waals surface area contributed by atoms with Crippen molar-refractivity contribution in [3.05, 3.63) is 70.3 Å². The van der Waals surface area contributed by atoms with Gasteiger partial charge in [0.2, 0.25) is 0 Å². The van der Waals surface area contributed by atoms with Crippen LogP contribution in [0.5, 0.6) is 0 Å². The highest BCUT2D eigenvalue weighted by molar-refractivity contribution is 6.03. The van der Waals surface area contributed by atoms with Crippen molar-refractivity contribution in [1.29, 1.82) is 0 Å². The van der Waals surface area contributed by atoms with Gasteiger partial charge in [0.1, 0.15) is 5.82 Å². The number of aromatic nitrogens is 2. The number of nitrogens with one attached hydrogen (secondary N) is 2. The summed E-state index contributed by atoms with van der Waals surface area (Å²) in [6.07, 6.45) is 0.0947. The first-order chi connectivity index (χ1) is 13.9. The van der Waals surface area contributed by atoms with Crippen LogP contribution in [-0.2, 0) is 20.7 Å².